The molecular formula is C22H26FN3O3. The zero-order valence-corrected chi connectivity index (χ0v) is 16.6. The molecule has 0 bridgehead atoms. The highest BCUT2D eigenvalue weighted by Crippen LogP contribution is 2.19. The van der Waals surface area contributed by atoms with E-state index in [9.17, 15) is 14.0 Å². The maximum absolute atomic E-state index is 13.7. The predicted molar refractivity (Wildman–Crippen MR) is 109 cm³/mol. The van der Waals surface area contributed by atoms with Gasteiger partial charge < -0.3 is 20.7 Å². The van der Waals surface area contributed by atoms with Crippen molar-refractivity contribution >= 4 is 17.5 Å². The summed E-state index contributed by atoms with van der Waals surface area (Å²) < 4.78 is 19.2. The van der Waals surface area contributed by atoms with Crippen LogP contribution in [0, 0.1) is 5.82 Å². The Morgan fingerprint density at radius 2 is 2.03 bits per heavy atom. The summed E-state index contributed by atoms with van der Waals surface area (Å²) in [5.41, 5.74) is 1.79. The third-order valence-electron chi connectivity index (χ3n) is 4.94. The average molecular weight is 399 g/mol. The van der Waals surface area contributed by atoms with Crippen LogP contribution in [0.4, 0.5) is 10.1 Å². The monoisotopic (exact) mass is 399 g/mol. The minimum absolute atomic E-state index is 0.0472. The van der Waals surface area contributed by atoms with Crippen molar-refractivity contribution in [1.29, 1.82) is 0 Å². The number of nitrogens with one attached hydrogen (secondary N) is 3. The molecule has 2 amide bonds. The number of morpholine rings is 1. The average Bonchev–Trinajstić information content (AvgIpc) is 2.70. The molecule has 29 heavy (non-hydrogen) atoms. The quantitative estimate of drug-likeness (QED) is 0.698. The molecular weight excluding hydrogens is 373 g/mol. The van der Waals surface area contributed by atoms with Crippen LogP contribution >= 0.6 is 0 Å². The van der Waals surface area contributed by atoms with E-state index in [0.29, 0.717) is 24.4 Å². The van der Waals surface area contributed by atoms with Gasteiger partial charge in [-0.05, 0) is 43.2 Å². The van der Waals surface area contributed by atoms with Gasteiger partial charge in [0, 0.05) is 12.2 Å². The molecule has 0 aromatic heterocycles. The van der Waals surface area contributed by atoms with Gasteiger partial charge in [0.15, 0.2) is 0 Å². The van der Waals surface area contributed by atoms with Crippen LogP contribution < -0.4 is 16.0 Å². The van der Waals surface area contributed by atoms with E-state index in [-0.39, 0.29) is 30.4 Å². The van der Waals surface area contributed by atoms with E-state index in [4.69, 9.17) is 4.74 Å². The second kappa shape index (κ2) is 9.62. The molecule has 1 heterocycles. The zero-order valence-electron chi connectivity index (χ0n) is 16.6. The number of rotatable bonds is 6. The van der Waals surface area contributed by atoms with Crippen molar-refractivity contribution in [3.8, 4) is 0 Å². The molecule has 2 aromatic rings. The summed E-state index contributed by atoms with van der Waals surface area (Å²) in [6.07, 6.45) is -0.242. The third kappa shape index (κ3) is 5.62. The number of benzene rings is 2. The molecule has 1 saturated heterocycles. The number of anilines is 1. The van der Waals surface area contributed by atoms with Crippen molar-refractivity contribution in [2.24, 2.45) is 0 Å². The number of ether oxygens (including phenoxy) is 1. The van der Waals surface area contributed by atoms with Crippen LogP contribution in [0.3, 0.4) is 0 Å². The van der Waals surface area contributed by atoms with Gasteiger partial charge in [0.05, 0.1) is 25.2 Å². The fraction of sp³-hybridized carbons (Fsp3) is 0.364. The van der Waals surface area contributed by atoms with Gasteiger partial charge in [-0.25, -0.2) is 4.39 Å². The lowest BCUT2D eigenvalue weighted by Gasteiger charge is -2.30. The first-order valence-electron chi connectivity index (χ1n) is 9.72. The molecule has 1 aliphatic heterocycles. The van der Waals surface area contributed by atoms with Crippen molar-refractivity contribution < 1.29 is 18.7 Å². The number of carbonyl (C=O) groups excluding carboxylic acids is 2. The second-order valence-electron chi connectivity index (χ2n) is 7.18. The fourth-order valence-corrected chi connectivity index (χ4v) is 3.32. The van der Waals surface area contributed by atoms with Crippen molar-refractivity contribution in [3.05, 3.63) is 65.5 Å². The summed E-state index contributed by atoms with van der Waals surface area (Å²) in [5.74, 6) is -0.831. The van der Waals surface area contributed by atoms with Crippen molar-refractivity contribution in [2.75, 3.05) is 18.5 Å². The Kier molecular flexibility index (Phi) is 6.95. The van der Waals surface area contributed by atoms with Gasteiger partial charge >= 0.3 is 0 Å². The van der Waals surface area contributed by atoms with Gasteiger partial charge in [-0.1, -0.05) is 30.3 Å². The van der Waals surface area contributed by atoms with E-state index >= 15 is 0 Å². The Morgan fingerprint density at radius 3 is 2.79 bits per heavy atom. The zero-order chi connectivity index (χ0) is 20.8. The fourth-order valence-electron chi connectivity index (χ4n) is 3.32. The molecule has 3 N–H and O–H groups in total. The molecule has 0 saturated carbocycles. The van der Waals surface area contributed by atoms with Gasteiger partial charge in [-0.3, -0.25) is 9.59 Å². The number of hydrogen-bond donors (Lipinski definition) is 3. The second-order valence-corrected chi connectivity index (χ2v) is 7.18. The van der Waals surface area contributed by atoms with Crippen molar-refractivity contribution in [2.45, 2.75) is 38.5 Å². The molecule has 2 aromatic carbocycles. The standard InChI is InChI=1S/C22H26FN3O3/c1-14(25-22(28)21-15(2)29-11-10-24-21)16-7-5-8-18(12-16)26-20(27)13-17-6-3-4-9-19(17)23/h3-9,12,14-15,21,24H,10-11,13H2,1-2H3,(H,25,28)(H,26,27)/t14?,15-,21+/m1/s1. The lowest BCUT2D eigenvalue weighted by molar-refractivity contribution is -0.129. The molecule has 0 aliphatic carbocycles. The predicted octanol–water partition coefficient (Wildman–Crippen LogP) is 2.56. The number of carbonyl (C=O) groups is 2. The smallest absolute Gasteiger partial charge is 0.240 e. The SMILES string of the molecule is CC(NC(=O)[C@H]1NCCO[C@@H]1C)c1cccc(NC(=O)Cc2ccccc2F)c1. The molecule has 1 unspecified atom stereocenters. The van der Waals surface area contributed by atoms with Crippen LogP contribution in [-0.4, -0.2) is 37.1 Å². The first kappa shape index (κ1) is 21.0. The summed E-state index contributed by atoms with van der Waals surface area (Å²) >= 11 is 0. The van der Waals surface area contributed by atoms with E-state index < -0.39 is 11.9 Å². The van der Waals surface area contributed by atoms with Crippen molar-refractivity contribution in [3.63, 3.8) is 0 Å². The molecule has 7 heteroatoms. The molecule has 1 fully saturated rings. The van der Waals surface area contributed by atoms with Gasteiger partial charge in [0.1, 0.15) is 11.9 Å². The van der Waals surface area contributed by atoms with E-state index in [2.05, 4.69) is 16.0 Å². The van der Waals surface area contributed by atoms with Gasteiger partial charge in [0.25, 0.3) is 0 Å². The maximum Gasteiger partial charge on any atom is 0.240 e. The summed E-state index contributed by atoms with van der Waals surface area (Å²) in [6.45, 7) is 4.98. The van der Waals surface area contributed by atoms with Gasteiger partial charge in [-0.15, -0.1) is 0 Å². The van der Waals surface area contributed by atoms with Crippen LogP contribution in [0.2, 0.25) is 0 Å². The van der Waals surface area contributed by atoms with Crippen LogP contribution in [0.25, 0.3) is 0 Å². The summed E-state index contributed by atoms with van der Waals surface area (Å²) in [7, 11) is 0. The van der Waals surface area contributed by atoms with E-state index in [1.807, 2.05) is 19.9 Å². The first-order valence-corrected chi connectivity index (χ1v) is 9.72. The van der Waals surface area contributed by atoms with E-state index in [1.165, 1.54) is 6.07 Å². The minimum Gasteiger partial charge on any atom is -0.375 e. The Labute approximate surface area is 169 Å². The Morgan fingerprint density at radius 1 is 1.24 bits per heavy atom. The van der Waals surface area contributed by atoms with Crippen LogP contribution in [0.15, 0.2) is 48.5 Å². The number of halogens is 1. The summed E-state index contributed by atoms with van der Waals surface area (Å²) in [5, 5.41) is 8.93. The van der Waals surface area contributed by atoms with Crippen LogP contribution in [0.5, 0.6) is 0 Å². The molecule has 3 atom stereocenters. The largest absolute Gasteiger partial charge is 0.375 e. The molecule has 0 radical (unpaired) electrons. The topological polar surface area (TPSA) is 79.5 Å². The Hall–Kier alpha value is -2.77. The summed E-state index contributed by atoms with van der Waals surface area (Å²) in [4.78, 5) is 24.8. The Balaban J connectivity index is 1.60. The lowest BCUT2D eigenvalue weighted by Crippen LogP contribution is -2.55. The highest BCUT2D eigenvalue weighted by atomic mass is 19.1. The molecule has 3 rings (SSSR count). The molecule has 154 valence electrons. The lowest BCUT2D eigenvalue weighted by atomic mass is 10.1. The highest BCUT2D eigenvalue weighted by molar-refractivity contribution is 5.92. The molecule has 0 spiro atoms. The number of hydrogen-bond acceptors (Lipinski definition) is 4. The highest BCUT2D eigenvalue weighted by Gasteiger charge is 2.29. The molecule has 6 nitrogen and oxygen atoms in total. The van der Waals surface area contributed by atoms with E-state index in [0.717, 1.165) is 5.56 Å². The maximum atomic E-state index is 13.7. The van der Waals surface area contributed by atoms with Crippen molar-refractivity contribution in [1.82, 2.24) is 10.6 Å². The summed E-state index contributed by atoms with van der Waals surface area (Å²) in [6, 6.07) is 12.8. The minimum atomic E-state index is -0.401. The number of amides is 2. The third-order valence-corrected chi connectivity index (χ3v) is 4.94. The first-order chi connectivity index (χ1) is 13.9. The molecule has 1 aliphatic rings. The van der Waals surface area contributed by atoms with Gasteiger partial charge in [0.2, 0.25) is 11.8 Å². The van der Waals surface area contributed by atoms with Crippen LogP contribution in [-0.2, 0) is 20.7 Å². The van der Waals surface area contributed by atoms with Crippen LogP contribution in [0.1, 0.15) is 31.0 Å². The normalized spacial score (nSPS) is 20.0. The van der Waals surface area contributed by atoms with E-state index in [1.54, 1.807) is 36.4 Å². The Bertz CT molecular complexity index is 874. The van der Waals surface area contributed by atoms with Gasteiger partial charge in [-0.2, -0.15) is 0 Å².